The molecule has 2 heterocycles. The number of amides is 1. The Kier molecular flexibility index (Phi) is 3.02. The SMILES string of the molecule is O=C1CC(c2cncn2C2CC2)C(Cc2ccccc2)N1. The third-order valence-electron chi connectivity index (χ3n) is 4.55. The number of nitrogens with zero attached hydrogens (tertiary/aromatic N) is 2. The molecule has 1 aliphatic carbocycles. The Labute approximate surface area is 124 Å². The molecule has 1 amide bonds. The summed E-state index contributed by atoms with van der Waals surface area (Å²) in [6.07, 6.45) is 7.81. The molecule has 0 bridgehead atoms. The first-order chi connectivity index (χ1) is 10.3. The molecule has 21 heavy (non-hydrogen) atoms. The predicted molar refractivity (Wildman–Crippen MR) is 79.9 cm³/mol. The van der Waals surface area contributed by atoms with Crippen molar-refractivity contribution < 1.29 is 4.79 Å². The molecule has 4 heteroatoms. The maximum Gasteiger partial charge on any atom is 0.220 e. The summed E-state index contributed by atoms with van der Waals surface area (Å²) >= 11 is 0. The van der Waals surface area contributed by atoms with Gasteiger partial charge in [0.15, 0.2) is 0 Å². The number of nitrogens with one attached hydrogen (secondary N) is 1. The van der Waals surface area contributed by atoms with Gasteiger partial charge in [-0.2, -0.15) is 0 Å². The van der Waals surface area contributed by atoms with Gasteiger partial charge in [0.1, 0.15) is 0 Å². The Balaban J connectivity index is 1.60. The number of carbonyl (C=O) groups excluding carboxylic acids is 1. The summed E-state index contributed by atoms with van der Waals surface area (Å²) < 4.78 is 2.28. The Morgan fingerprint density at radius 2 is 2.05 bits per heavy atom. The highest BCUT2D eigenvalue weighted by Gasteiger charge is 2.37. The summed E-state index contributed by atoms with van der Waals surface area (Å²) in [6.45, 7) is 0. The van der Waals surface area contributed by atoms with E-state index in [0.29, 0.717) is 12.5 Å². The Morgan fingerprint density at radius 3 is 2.81 bits per heavy atom. The van der Waals surface area contributed by atoms with Crippen LogP contribution in [0.1, 0.15) is 42.5 Å². The van der Waals surface area contributed by atoms with E-state index in [1.807, 2.05) is 18.6 Å². The second kappa shape index (κ2) is 5.02. The van der Waals surface area contributed by atoms with Gasteiger partial charge in [0.2, 0.25) is 5.91 Å². The van der Waals surface area contributed by atoms with Crippen molar-refractivity contribution in [3.8, 4) is 0 Å². The first-order valence-corrected chi connectivity index (χ1v) is 7.66. The van der Waals surface area contributed by atoms with E-state index >= 15 is 0 Å². The number of carbonyl (C=O) groups is 1. The molecule has 0 radical (unpaired) electrons. The summed E-state index contributed by atoms with van der Waals surface area (Å²) in [4.78, 5) is 16.2. The van der Waals surface area contributed by atoms with Crippen molar-refractivity contribution >= 4 is 5.91 Å². The van der Waals surface area contributed by atoms with Crippen molar-refractivity contribution in [1.29, 1.82) is 0 Å². The lowest BCUT2D eigenvalue weighted by Gasteiger charge is -2.20. The van der Waals surface area contributed by atoms with Crippen LogP contribution in [0.15, 0.2) is 42.9 Å². The standard InChI is InChI=1S/C17H19N3O/c21-17-9-14(16-10-18-11-20(16)13-6-7-13)15(19-17)8-12-4-2-1-3-5-12/h1-5,10-11,13-15H,6-9H2,(H,19,21). The van der Waals surface area contributed by atoms with Crippen LogP contribution in [0.4, 0.5) is 0 Å². The van der Waals surface area contributed by atoms with Crippen molar-refractivity contribution in [2.75, 3.05) is 0 Å². The lowest BCUT2D eigenvalue weighted by molar-refractivity contribution is -0.119. The second-order valence-electron chi connectivity index (χ2n) is 6.13. The van der Waals surface area contributed by atoms with E-state index < -0.39 is 0 Å². The summed E-state index contributed by atoms with van der Waals surface area (Å²) in [5.41, 5.74) is 2.49. The molecule has 4 rings (SSSR count). The van der Waals surface area contributed by atoms with Gasteiger partial charge in [-0.15, -0.1) is 0 Å². The minimum absolute atomic E-state index is 0.157. The lowest BCUT2D eigenvalue weighted by atomic mass is 9.92. The first-order valence-electron chi connectivity index (χ1n) is 7.66. The predicted octanol–water partition coefficient (Wildman–Crippen LogP) is 2.43. The van der Waals surface area contributed by atoms with Crippen molar-refractivity contribution in [3.63, 3.8) is 0 Å². The molecule has 2 unspecified atom stereocenters. The maximum atomic E-state index is 11.9. The van der Waals surface area contributed by atoms with Crippen molar-refractivity contribution in [3.05, 3.63) is 54.1 Å². The maximum absolute atomic E-state index is 11.9. The summed E-state index contributed by atoms with van der Waals surface area (Å²) in [5.74, 6) is 0.394. The van der Waals surface area contributed by atoms with Gasteiger partial charge in [-0.3, -0.25) is 4.79 Å². The molecular formula is C17H19N3O. The molecule has 1 aromatic heterocycles. The molecule has 2 aliphatic rings. The van der Waals surface area contributed by atoms with E-state index in [1.54, 1.807) is 0 Å². The number of benzene rings is 1. The molecule has 108 valence electrons. The topological polar surface area (TPSA) is 46.9 Å². The fourth-order valence-corrected chi connectivity index (χ4v) is 3.34. The van der Waals surface area contributed by atoms with Crippen LogP contribution in [-0.4, -0.2) is 21.5 Å². The van der Waals surface area contributed by atoms with Crippen LogP contribution < -0.4 is 5.32 Å². The summed E-state index contributed by atoms with van der Waals surface area (Å²) in [6, 6.07) is 11.2. The van der Waals surface area contributed by atoms with Gasteiger partial charge >= 0.3 is 0 Å². The number of rotatable bonds is 4. The molecule has 1 N–H and O–H groups in total. The molecule has 1 saturated heterocycles. The van der Waals surface area contributed by atoms with Crippen molar-refractivity contribution in [1.82, 2.24) is 14.9 Å². The fourth-order valence-electron chi connectivity index (χ4n) is 3.34. The molecule has 2 aromatic rings. The lowest BCUT2D eigenvalue weighted by Crippen LogP contribution is -2.31. The highest BCUT2D eigenvalue weighted by Crippen LogP contribution is 2.39. The summed E-state index contributed by atoms with van der Waals surface area (Å²) in [7, 11) is 0. The average Bonchev–Trinajstić information content (AvgIpc) is 3.11. The van der Waals surface area contributed by atoms with Gasteiger partial charge in [0.25, 0.3) is 0 Å². The zero-order valence-electron chi connectivity index (χ0n) is 11.9. The number of imidazole rings is 1. The van der Waals surface area contributed by atoms with Crippen LogP contribution in [0.25, 0.3) is 0 Å². The first kappa shape index (κ1) is 12.6. The van der Waals surface area contributed by atoms with Gasteiger partial charge in [0, 0.05) is 36.3 Å². The van der Waals surface area contributed by atoms with E-state index in [2.05, 4.69) is 39.1 Å². The second-order valence-corrected chi connectivity index (χ2v) is 6.13. The molecule has 1 aliphatic heterocycles. The number of hydrogen-bond donors (Lipinski definition) is 1. The number of hydrogen-bond acceptors (Lipinski definition) is 2. The highest BCUT2D eigenvalue weighted by atomic mass is 16.2. The molecule has 2 atom stereocenters. The van der Waals surface area contributed by atoms with Crippen LogP contribution in [0.3, 0.4) is 0 Å². The molecule has 1 saturated carbocycles. The quantitative estimate of drug-likeness (QED) is 0.935. The van der Waals surface area contributed by atoms with Crippen LogP contribution in [0.2, 0.25) is 0 Å². The normalized spacial score (nSPS) is 25.0. The van der Waals surface area contributed by atoms with E-state index in [9.17, 15) is 4.79 Å². The largest absolute Gasteiger partial charge is 0.352 e. The van der Waals surface area contributed by atoms with Crippen LogP contribution in [0.5, 0.6) is 0 Å². The van der Waals surface area contributed by atoms with Gasteiger partial charge in [-0.1, -0.05) is 30.3 Å². The van der Waals surface area contributed by atoms with E-state index in [4.69, 9.17) is 0 Å². The highest BCUT2D eigenvalue weighted by molar-refractivity contribution is 5.80. The van der Waals surface area contributed by atoms with E-state index in [1.165, 1.54) is 24.1 Å². The monoisotopic (exact) mass is 281 g/mol. The van der Waals surface area contributed by atoms with Crippen molar-refractivity contribution in [2.45, 2.75) is 43.7 Å². The van der Waals surface area contributed by atoms with Gasteiger partial charge in [0.05, 0.1) is 6.33 Å². The summed E-state index contributed by atoms with van der Waals surface area (Å²) in [5, 5.41) is 3.15. The molecule has 2 fully saturated rings. The average molecular weight is 281 g/mol. The molecule has 1 aromatic carbocycles. The Bertz CT molecular complexity index is 645. The van der Waals surface area contributed by atoms with Crippen LogP contribution in [0, 0.1) is 0 Å². The number of aromatic nitrogens is 2. The molecule has 0 spiro atoms. The minimum Gasteiger partial charge on any atom is -0.352 e. The van der Waals surface area contributed by atoms with Crippen molar-refractivity contribution in [2.24, 2.45) is 0 Å². The van der Waals surface area contributed by atoms with Crippen LogP contribution in [-0.2, 0) is 11.2 Å². The minimum atomic E-state index is 0.157. The van der Waals surface area contributed by atoms with Gasteiger partial charge in [-0.05, 0) is 24.8 Å². The third-order valence-corrected chi connectivity index (χ3v) is 4.55. The zero-order chi connectivity index (χ0) is 14.2. The molecular weight excluding hydrogens is 262 g/mol. The third kappa shape index (κ3) is 2.46. The Hall–Kier alpha value is -2.10. The van der Waals surface area contributed by atoms with Gasteiger partial charge in [-0.25, -0.2) is 4.98 Å². The van der Waals surface area contributed by atoms with E-state index in [0.717, 1.165) is 6.42 Å². The van der Waals surface area contributed by atoms with Crippen LogP contribution >= 0.6 is 0 Å². The Morgan fingerprint density at radius 1 is 1.24 bits per heavy atom. The van der Waals surface area contributed by atoms with Gasteiger partial charge < -0.3 is 9.88 Å². The fraction of sp³-hybridized carbons (Fsp3) is 0.412. The smallest absolute Gasteiger partial charge is 0.220 e. The molecule has 4 nitrogen and oxygen atoms in total. The van der Waals surface area contributed by atoms with E-state index in [-0.39, 0.29) is 17.9 Å². The zero-order valence-corrected chi connectivity index (χ0v) is 11.9.